The zero-order valence-electron chi connectivity index (χ0n) is 8.09. The third kappa shape index (κ3) is 2.29. The summed E-state index contributed by atoms with van der Waals surface area (Å²) in [7, 11) is 1.69. The second-order valence-corrected chi connectivity index (χ2v) is 3.73. The minimum atomic E-state index is -0.466. The third-order valence-electron chi connectivity index (χ3n) is 1.92. The van der Waals surface area contributed by atoms with Crippen LogP contribution in [0.1, 0.15) is 5.56 Å². The van der Waals surface area contributed by atoms with Gasteiger partial charge in [-0.3, -0.25) is 0 Å². The summed E-state index contributed by atoms with van der Waals surface area (Å²) in [5, 5.41) is 8.68. The zero-order chi connectivity index (χ0) is 11.4. The van der Waals surface area contributed by atoms with Crippen molar-refractivity contribution in [1.82, 2.24) is 0 Å². The van der Waals surface area contributed by atoms with Gasteiger partial charge in [-0.2, -0.15) is 5.26 Å². The molecule has 0 aliphatic heterocycles. The van der Waals surface area contributed by atoms with Crippen LogP contribution in [0, 0.1) is 29.5 Å². The Bertz CT molecular complexity index is 457. The van der Waals surface area contributed by atoms with Crippen molar-refractivity contribution in [2.75, 3.05) is 18.5 Å². The predicted octanol–water partition coefficient (Wildman–Crippen LogP) is 2.53. The highest BCUT2D eigenvalue weighted by molar-refractivity contribution is 9.10. The maximum Gasteiger partial charge on any atom is 0.162 e. The first-order valence-electron chi connectivity index (χ1n) is 4.14. The van der Waals surface area contributed by atoms with Crippen molar-refractivity contribution in [3.8, 4) is 18.4 Å². The predicted molar refractivity (Wildman–Crippen MR) is 60.9 cm³/mol. The summed E-state index contributed by atoms with van der Waals surface area (Å²) >= 11 is 3.03. The molecule has 0 saturated carbocycles. The molecule has 0 fully saturated rings. The molecule has 0 N–H and O–H groups in total. The number of halogens is 2. The lowest BCUT2D eigenvalue weighted by Gasteiger charge is -2.17. The van der Waals surface area contributed by atoms with Crippen LogP contribution in [0.25, 0.3) is 0 Å². The van der Waals surface area contributed by atoms with E-state index in [0.29, 0.717) is 12.2 Å². The topological polar surface area (TPSA) is 27.0 Å². The van der Waals surface area contributed by atoms with Crippen LogP contribution < -0.4 is 4.90 Å². The molecule has 76 valence electrons. The molecule has 4 heteroatoms. The van der Waals surface area contributed by atoms with Crippen LogP contribution in [0.3, 0.4) is 0 Å². The lowest BCUT2D eigenvalue weighted by Crippen LogP contribution is -2.18. The second-order valence-electron chi connectivity index (χ2n) is 2.93. The van der Waals surface area contributed by atoms with E-state index in [1.54, 1.807) is 18.0 Å². The molecule has 1 aromatic carbocycles. The Morgan fingerprint density at radius 2 is 2.27 bits per heavy atom. The number of benzene rings is 1. The standard InChI is InChI=1S/C11H8BrFN2/c1-3-6-15(2)9-5-4-8(7-14)10(12)11(9)13/h1,4-5H,6H2,2H3. The molecule has 0 atom stereocenters. The van der Waals surface area contributed by atoms with Crippen molar-refractivity contribution in [3.05, 3.63) is 28.0 Å². The monoisotopic (exact) mass is 266 g/mol. The maximum absolute atomic E-state index is 13.7. The molecule has 0 aliphatic rings. The molecule has 0 aromatic heterocycles. The Kier molecular flexibility index (Phi) is 3.71. The quantitative estimate of drug-likeness (QED) is 0.770. The molecule has 0 amide bonds. The normalized spacial score (nSPS) is 9.13. The average Bonchev–Trinajstić information content (AvgIpc) is 2.22. The van der Waals surface area contributed by atoms with E-state index in [4.69, 9.17) is 11.7 Å². The minimum Gasteiger partial charge on any atom is -0.361 e. The first kappa shape index (κ1) is 11.6. The second kappa shape index (κ2) is 4.82. The molecular weight excluding hydrogens is 259 g/mol. The zero-order valence-corrected chi connectivity index (χ0v) is 9.68. The van der Waals surface area contributed by atoms with Crippen LogP contribution >= 0.6 is 15.9 Å². The SMILES string of the molecule is C#CCN(C)c1ccc(C#N)c(Br)c1F. The summed E-state index contributed by atoms with van der Waals surface area (Å²) in [6.07, 6.45) is 5.13. The van der Waals surface area contributed by atoms with Crippen LogP contribution in [0.15, 0.2) is 16.6 Å². The number of terminal acetylenes is 1. The first-order chi connectivity index (χ1) is 7.11. The summed E-state index contributed by atoms with van der Waals surface area (Å²) in [6, 6.07) is 4.98. The fraction of sp³-hybridized carbons (Fsp3) is 0.182. The fourth-order valence-corrected chi connectivity index (χ4v) is 1.57. The maximum atomic E-state index is 13.7. The molecule has 0 heterocycles. The molecule has 0 aliphatic carbocycles. The molecule has 1 aromatic rings. The Morgan fingerprint density at radius 1 is 1.60 bits per heavy atom. The highest BCUT2D eigenvalue weighted by atomic mass is 79.9. The largest absolute Gasteiger partial charge is 0.361 e. The van der Waals surface area contributed by atoms with E-state index < -0.39 is 5.82 Å². The molecule has 0 spiro atoms. The molecule has 0 saturated heterocycles. The van der Waals surface area contributed by atoms with Gasteiger partial charge in [-0.25, -0.2) is 4.39 Å². The number of hydrogen-bond acceptors (Lipinski definition) is 2. The lowest BCUT2D eigenvalue weighted by molar-refractivity contribution is 0.618. The van der Waals surface area contributed by atoms with Crippen LogP contribution in [-0.2, 0) is 0 Å². The minimum absolute atomic E-state index is 0.173. The number of anilines is 1. The fourth-order valence-electron chi connectivity index (χ4n) is 1.14. The van der Waals surface area contributed by atoms with Crippen molar-refractivity contribution in [1.29, 1.82) is 5.26 Å². The molecular formula is C11H8BrFN2. The van der Waals surface area contributed by atoms with Gasteiger partial charge in [-0.05, 0) is 28.1 Å². The van der Waals surface area contributed by atoms with E-state index in [1.807, 2.05) is 6.07 Å². The van der Waals surface area contributed by atoms with Gasteiger partial charge < -0.3 is 4.90 Å². The Labute approximate surface area is 96.4 Å². The molecule has 0 bridgehead atoms. The summed E-state index contributed by atoms with van der Waals surface area (Å²) < 4.78 is 13.9. The van der Waals surface area contributed by atoms with Crippen LogP contribution in [0.5, 0.6) is 0 Å². The van der Waals surface area contributed by atoms with Crippen molar-refractivity contribution < 1.29 is 4.39 Å². The molecule has 0 unspecified atom stereocenters. The van der Waals surface area contributed by atoms with E-state index >= 15 is 0 Å². The van der Waals surface area contributed by atoms with Gasteiger partial charge in [0, 0.05) is 7.05 Å². The van der Waals surface area contributed by atoms with Gasteiger partial charge in [0.05, 0.1) is 22.3 Å². The van der Waals surface area contributed by atoms with Crippen molar-refractivity contribution >= 4 is 21.6 Å². The Morgan fingerprint density at radius 3 is 2.80 bits per heavy atom. The van der Waals surface area contributed by atoms with Gasteiger partial charge in [-0.1, -0.05) is 5.92 Å². The van der Waals surface area contributed by atoms with Gasteiger partial charge in [0.25, 0.3) is 0 Å². The number of hydrogen-bond donors (Lipinski definition) is 0. The summed E-state index contributed by atoms with van der Waals surface area (Å²) in [5.74, 6) is 1.95. The molecule has 2 nitrogen and oxygen atoms in total. The highest BCUT2D eigenvalue weighted by Gasteiger charge is 2.13. The van der Waals surface area contributed by atoms with Crippen molar-refractivity contribution in [2.24, 2.45) is 0 Å². The Hall–Kier alpha value is -1.52. The summed E-state index contributed by atoms with van der Waals surface area (Å²) in [5.41, 5.74) is 0.643. The van der Waals surface area contributed by atoms with E-state index in [0.717, 1.165) is 0 Å². The molecule has 15 heavy (non-hydrogen) atoms. The smallest absolute Gasteiger partial charge is 0.162 e. The third-order valence-corrected chi connectivity index (χ3v) is 2.70. The van der Waals surface area contributed by atoms with Gasteiger partial charge in [-0.15, -0.1) is 6.42 Å². The number of nitriles is 1. The van der Waals surface area contributed by atoms with E-state index in [-0.39, 0.29) is 10.0 Å². The van der Waals surface area contributed by atoms with Crippen LogP contribution in [-0.4, -0.2) is 13.6 Å². The number of nitrogens with zero attached hydrogens (tertiary/aromatic N) is 2. The van der Waals surface area contributed by atoms with Gasteiger partial charge in [0.2, 0.25) is 0 Å². The number of rotatable bonds is 2. The molecule has 1 rings (SSSR count). The summed E-state index contributed by atoms with van der Waals surface area (Å²) in [4.78, 5) is 1.60. The van der Waals surface area contributed by atoms with E-state index in [2.05, 4.69) is 21.9 Å². The summed E-state index contributed by atoms with van der Waals surface area (Å²) in [6.45, 7) is 0.315. The van der Waals surface area contributed by atoms with Gasteiger partial charge in [0.1, 0.15) is 6.07 Å². The highest BCUT2D eigenvalue weighted by Crippen LogP contribution is 2.28. The van der Waals surface area contributed by atoms with Crippen molar-refractivity contribution in [3.63, 3.8) is 0 Å². The van der Waals surface area contributed by atoms with Gasteiger partial charge >= 0.3 is 0 Å². The Balaban J connectivity index is 3.20. The van der Waals surface area contributed by atoms with E-state index in [1.165, 1.54) is 6.07 Å². The lowest BCUT2D eigenvalue weighted by atomic mass is 10.2. The van der Waals surface area contributed by atoms with E-state index in [9.17, 15) is 4.39 Å². The van der Waals surface area contributed by atoms with Gasteiger partial charge in [0.15, 0.2) is 5.82 Å². The first-order valence-corrected chi connectivity index (χ1v) is 4.93. The average molecular weight is 267 g/mol. The molecule has 0 radical (unpaired) electrons. The van der Waals surface area contributed by atoms with Crippen molar-refractivity contribution in [2.45, 2.75) is 0 Å². The van der Waals surface area contributed by atoms with Crippen LogP contribution in [0.4, 0.5) is 10.1 Å². The van der Waals surface area contributed by atoms with Crippen LogP contribution in [0.2, 0.25) is 0 Å².